The SMILES string of the molecule is COC(=O)CN(C)C(=O)c1cc2ccccc2nc1C. The highest BCUT2D eigenvalue weighted by molar-refractivity contribution is 5.99. The zero-order chi connectivity index (χ0) is 14.7. The van der Waals surface area contributed by atoms with E-state index < -0.39 is 5.97 Å². The van der Waals surface area contributed by atoms with E-state index in [9.17, 15) is 9.59 Å². The van der Waals surface area contributed by atoms with Crippen molar-refractivity contribution in [3.05, 3.63) is 41.6 Å². The minimum absolute atomic E-state index is 0.0817. The third kappa shape index (κ3) is 2.77. The molecular formula is C15H16N2O3. The van der Waals surface area contributed by atoms with E-state index >= 15 is 0 Å². The smallest absolute Gasteiger partial charge is 0.325 e. The highest BCUT2D eigenvalue weighted by Gasteiger charge is 2.18. The van der Waals surface area contributed by atoms with E-state index in [-0.39, 0.29) is 12.5 Å². The molecule has 0 radical (unpaired) electrons. The number of rotatable bonds is 3. The predicted octanol–water partition coefficient (Wildman–Crippen LogP) is 1.79. The van der Waals surface area contributed by atoms with Crippen LogP contribution in [0.4, 0.5) is 0 Å². The molecule has 1 aromatic carbocycles. The van der Waals surface area contributed by atoms with Gasteiger partial charge in [-0.3, -0.25) is 14.6 Å². The van der Waals surface area contributed by atoms with Crippen LogP contribution in [0.1, 0.15) is 16.1 Å². The average Bonchev–Trinajstić information content (AvgIpc) is 2.45. The van der Waals surface area contributed by atoms with Crippen molar-refractivity contribution in [3.63, 3.8) is 0 Å². The number of benzene rings is 1. The van der Waals surface area contributed by atoms with Gasteiger partial charge < -0.3 is 9.64 Å². The summed E-state index contributed by atoms with van der Waals surface area (Å²) in [6, 6.07) is 9.40. The van der Waals surface area contributed by atoms with Gasteiger partial charge in [0.15, 0.2) is 0 Å². The monoisotopic (exact) mass is 272 g/mol. The third-order valence-corrected chi connectivity index (χ3v) is 3.09. The Morgan fingerprint density at radius 3 is 2.70 bits per heavy atom. The number of likely N-dealkylation sites (N-methyl/N-ethyl adjacent to an activating group) is 1. The first-order valence-electron chi connectivity index (χ1n) is 6.21. The first-order valence-corrected chi connectivity index (χ1v) is 6.21. The summed E-state index contributed by atoms with van der Waals surface area (Å²) in [5.74, 6) is -0.696. The van der Waals surface area contributed by atoms with Crippen LogP contribution in [0, 0.1) is 6.92 Å². The van der Waals surface area contributed by atoms with Crippen LogP contribution in [0.25, 0.3) is 10.9 Å². The minimum Gasteiger partial charge on any atom is -0.468 e. The number of aromatic nitrogens is 1. The molecular weight excluding hydrogens is 256 g/mol. The van der Waals surface area contributed by atoms with E-state index in [0.29, 0.717) is 11.3 Å². The lowest BCUT2D eigenvalue weighted by Gasteiger charge is -2.17. The number of carbonyl (C=O) groups is 2. The summed E-state index contributed by atoms with van der Waals surface area (Å²) >= 11 is 0. The van der Waals surface area contributed by atoms with Crippen LogP contribution in [-0.2, 0) is 9.53 Å². The Balaban J connectivity index is 2.34. The average molecular weight is 272 g/mol. The Kier molecular flexibility index (Phi) is 3.98. The molecule has 0 spiro atoms. The van der Waals surface area contributed by atoms with Gasteiger partial charge in [0.1, 0.15) is 6.54 Å². The molecule has 0 N–H and O–H groups in total. The molecule has 20 heavy (non-hydrogen) atoms. The fourth-order valence-electron chi connectivity index (χ4n) is 1.96. The molecule has 5 nitrogen and oxygen atoms in total. The van der Waals surface area contributed by atoms with Gasteiger partial charge in [-0.05, 0) is 19.1 Å². The number of amides is 1. The van der Waals surface area contributed by atoms with Gasteiger partial charge in [-0.15, -0.1) is 0 Å². The highest BCUT2D eigenvalue weighted by Crippen LogP contribution is 2.17. The molecule has 5 heteroatoms. The summed E-state index contributed by atoms with van der Waals surface area (Å²) < 4.78 is 4.56. The van der Waals surface area contributed by atoms with Gasteiger partial charge in [-0.2, -0.15) is 0 Å². The van der Waals surface area contributed by atoms with Crippen LogP contribution in [0.5, 0.6) is 0 Å². The van der Waals surface area contributed by atoms with Crippen molar-refractivity contribution in [2.45, 2.75) is 6.92 Å². The number of ether oxygens (including phenoxy) is 1. The lowest BCUT2D eigenvalue weighted by Crippen LogP contribution is -2.33. The number of aryl methyl sites for hydroxylation is 1. The largest absolute Gasteiger partial charge is 0.468 e. The molecule has 1 aromatic heterocycles. The molecule has 0 atom stereocenters. The van der Waals surface area contributed by atoms with Crippen molar-refractivity contribution in [3.8, 4) is 0 Å². The molecule has 104 valence electrons. The molecule has 1 heterocycles. The zero-order valence-electron chi connectivity index (χ0n) is 11.7. The summed E-state index contributed by atoms with van der Waals surface area (Å²) in [5.41, 5.74) is 1.98. The van der Waals surface area contributed by atoms with Gasteiger partial charge in [0, 0.05) is 12.4 Å². The second-order valence-electron chi connectivity index (χ2n) is 4.55. The van der Waals surface area contributed by atoms with Crippen LogP contribution in [0.3, 0.4) is 0 Å². The Morgan fingerprint density at radius 2 is 2.00 bits per heavy atom. The first-order chi connectivity index (χ1) is 9.52. The number of hydrogen-bond donors (Lipinski definition) is 0. The van der Waals surface area contributed by atoms with Crippen LogP contribution in [0.15, 0.2) is 30.3 Å². The van der Waals surface area contributed by atoms with E-state index in [1.807, 2.05) is 24.3 Å². The highest BCUT2D eigenvalue weighted by atomic mass is 16.5. The molecule has 0 saturated carbocycles. The molecule has 2 rings (SSSR count). The number of methoxy groups -OCH3 is 1. The Morgan fingerprint density at radius 1 is 1.30 bits per heavy atom. The fourth-order valence-corrected chi connectivity index (χ4v) is 1.96. The number of fused-ring (bicyclic) bond motifs is 1. The lowest BCUT2D eigenvalue weighted by atomic mass is 10.1. The third-order valence-electron chi connectivity index (χ3n) is 3.09. The molecule has 0 aliphatic carbocycles. The molecule has 0 unspecified atom stereocenters. The first kappa shape index (κ1) is 14.0. The van der Waals surface area contributed by atoms with Crippen LogP contribution in [-0.4, -0.2) is 42.5 Å². The van der Waals surface area contributed by atoms with Gasteiger partial charge in [-0.25, -0.2) is 0 Å². The quantitative estimate of drug-likeness (QED) is 0.799. The van der Waals surface area contributed by atoms with Crippen molar-refractivity contribution in [1.29, 1.82) is 0 Å². The van der Waals surface area contributed by atoms with Crippen molar-refractivity contribution >= 4 is 22.8 Å². The van der Waals surface area contributed by atoms with Crippen LogP contribution < -0.4 is 0 Å². The van der Waals surface area contributed by atoms with Gasteiger partial charge in [0.2, 0.25) is 0 Å². The van der Waals surface area contributed by atoms with Crippen molar-refractivity contribution < 1.29 is 14.3 Å². The Bertz CT molecular complexity index is 667. The van der Waals surface area contributed by atoms with E-state index in [1.165, 1.54) is 12.0 Å². The summed E-state index contributed by atoms with van der Waals surface area (Å²) in [6.45, 7) is 1.70. The van der Waals surface area contributed by atoms with E-state index in [2.05, 4.69) is 9.72 Å². The summed E-state index contributed by atoms with van der Waals surface area (Å²) in [5, 5.41) is 0.896. The maximum Gasteiger partial charge on any atom is 0.325 e. The number of para-hydroxylation sites is 1. The van der Waals surface area contributed by atoms with E-state index in [1.54, 1.807) is 20.0 Å². The predicted molar refractivity (Wildman–Crippen MR) is 75.5 cm³/mol. The van der Waals surface area contributed by atoms with Crippen LogP contribution in [0.2, 0.25) is 0 Å². The molecule has 0 aliphatic rings. The fraction of sp³-hybridized carbons (Fsp3) is 0.267. The number of carbonyl (C=O) groups excluding carboxylic acids is 2. The number of pyridine rings is 1. The summed E-state index contributed by atoms with van der Waals surface area (Å²) in [6.07, 6.45) is 0. The molecule has 1 amide bonds. The number of esters is 1. The normalized spacial score (nSPS) is 10.3. The van der Waals surface area contributed by atoms with Crippen molar-refractivity contribution in [2.75, 3.05) is 20.7 Å². The van der Waals surface area contributed by atoms with Gasteiger partial charge in [-0.1, -0.05) is 18.2 Å². The van der Waals surface area contributed by atoms with Crippen molar-refractivity contribution in [1.82, 2.24) is 9.88 Å². The Hall–Kier alpha value is -2.43. The molecule has 0 aliphatic heterocycles. The molecule has 0 saturated heterocycles. The van der Waals surface area contributed by atoms with Gasteiger partial charge in [0.05, 0.1) is 23.9 Å². The van der Waals surface area contributed by atoms with Gasteiger partial charge >= 0.3 is 5.97 Å². The van der Waals surface area contributed by atoms with Crippen molar-refractivity contribution in [2.24, 2.45) is 0 Å². The van der Waals surface area contributed by atoms with E-state index in [0.717, 1.165) is 10.9 Å². The summed E-state index contributed by atoms with van der Waals surface area (Å²) in [4.78, 5) is 29.3. The number of hydrogen-bond acceptors (Lipinski definition) is 4. The summed E-state index contributed by atoms with van der Waals surface area (Å²) in [7, 11) is 2.86. The molecule has 0 fully saturated rings. The minimum atomic E-state index is -0.452. The Labute approximate surface area is 117 Å². The number of nitrogens with zero attached hydrogens (tertiary/aromatic N) is 2. The topological polar surface area (TPSA) is 59.5 Å². The van der Waals surface area contributed by atoms with Crippen LogP contribution >= 0.6 is 0 Å². The lowest BCUT2D eigenvalue weighted by molar-refractivity contribution is -0.141. The zero-order valence-corrected chi connectivity index (χ0v) is 11.7. The second kappa shape index (κ2) is 5.69. The van der Waals surface area contributed by atoms with Gasteiger partial charge in [0.25, 0.3) is 5.91 Å². The second-order valence-corrected chi connectivity index (χ2v) is 4.55. The maximum atomic E-state index is 12.3. The maximum absolute atomic E-state index is 12.3. The molecule has 0 bridgehead atoms. The molecule has 2 aromatic rings. The van der Waals surface area contributed by atoms with E-state index in [4.69, 9.17) is 0 Å². The standard InChI is InChI=1S/C15H16N2O3/c1-10-12(15(19)17(2)9-14(18)20-3)8-11-6-4-5-7-13(11)16-10/h4-8H,9H2,1-3H3.